The van der Waals surface area contributed by atoms with E-state index in [0.717, 1.165) is 0 Å². The average Bonchev–Trinajstić information content (AvgIpc) is 2.63. The first kappa shape index (κ1) is 14.1. The van der Waals surface area contributed by atoms with Crippen molar-refractivity contribution in [3.05, 3.63) is 29.6 Å². The molecule has 0 fully saturated rings. The van der Waals surface area contributed by atoms with Crippen molar-refractivity contribution in [2.24, 2.45) is 5.73 Å². The average molecular weight is 296 g/mol. The first-order chi connectivity index (χ1) is 7.80. The molecule has 1 heterocycles. The predicted molar refractivity (Wildman–Crippen MR) is 68.3 cm³/mol. The summed E-state index contributed by atoms with van der Waals surface area (Å²) in [5.41, 5.74) is 5.83. The number of H-pyrrole nitrogens is 1. The Morgan fingerprint density at radius 3 is 2.59 bits per heavy atom. The van der Waals surface area contributed by atoms with Gasteiger partial charge in [0.1, 0.15) is 0 Å². The fraction of sp³-hybridized carbons (Fsp3) is 0.200. The van der Waals surface area contributed by atoms with Crippen LogP contribution in [-0.2, 0) is 4.79 Å². The molecule has 0 atom stereocenters. The smallest absolute Gasteiger partial charge is 0.254 e. The summed E-state index contributed by atoms with van der Waals surface area (Å²) in [7, 11) is 0. The van der Waals surface area contributed by atoms with Crippen molar-refractivity contribution < 1.29 is 9.59 Å². The van der Waals surface area contributed by atoms with Gasteiger partial charge in [0.15, 0.2) is 0 Å². The number of aromatic nitrogens is 1. The zero-order valence-corrected chi connectivity index (χ0v) is 10.8. The minimum Gasteiger partial charge on any atom is -0.369 e. The van der Waals surface area contributed by atoms with Gasteiger partial charge in [-0.1, -0.05) is 47.0 Å². The normalized spacial score (nSPS) is 11.9. The number of carbonyl (C=O) groups excluding carboxylic acids is 2. The molecule has 4 nitrogen and oxygen atoms in total. The summed E-state index contributed by atoms with van der Waals surface area (Å²) in [5, 5.41) is 0. The highest BCUT2D eigenvalue weighted by molar-refractivity contribution is 6.77. The fourth-order valence-electron chi connectivity index (χ4n) is 1.10. The van der Waals surface area contributed by atoms with E-state index in [1.807, 2.05) is 0 Å². The number of rotatable bonds is 4. The van der Waals surface area contributed by atoms with E-state index in [0.29, 0.717) is 5.56 Å². The van der Waals surface area contributed by atoms with Gasteiger partial charge in [-0.2, -0.15) is 0 Å². The van der Waals surface area contributed by atoms with Crippen LogP contribution in [0, 0.1) is 0 Å². The van der Waals surface area contributed by atoms with Crippen LogP contribution in [-0.4, -0.2) is 20.5 Å². The van der Waals surface area contributed by atoms with Crippen LogP contribution in [0.5, 0.6) is 0 Å². The van der Waals surface area contributed by atoms with Crippen LogP contribution in [0.4, 0.5) is 0 Å². The first-order valence-corrected chi connectivity index (χ1v) is 5.69. The largest absolute Gasteiger partial charge is 0.369 e. The van der Waals surface area contributed by atoms with E-state index in [-0.39, 0.29) is 12.1 Å². The number of amides is 1. The molecule has 3 N–H and O–H groups in total. The highest BCUT2D eigenvalue weighted by Crippen LogP contribution is 2.30. The number of primary amides is 1. The maximum Gasteiger partial charge on any atom is 0.254 e. The molecule has 0 aromatic carbocycles. The molecule has 0 radical (unpaired) electrons. The summed E-state index contributed by atoms with van der Waals surface area (Å²) in [6, 6.07) is 1.52. The van der Waals surface area contributed by atoms with Crippen molar-refractivity contribution in [1.29, 1.82) is 0 Å². The molecule has 7 heteroatoms. The number of alkyl halides is 3. The van der Waals surface area contributed by atoms with Gasteiger partial charge in [0.25, 0.3) is 3.79 Å². The van der Waals surface area contributed by atoms with Gasteiger partial charge >= 0.3 is 0 Å². The highest BCUT2D eigenvalue weighted by atomic mass is 35.6. The topological polar surface area (TPSA) is 76.0 Å². The van der Waals surface area contributed by atoms with Crippen molar-refractivity contribution in [2.45, 2.75) is 10.2 Å². The van der Waals surface area contributed by atoms with Crippen molar-refractivity contribution >= 4 is 52.6 Å². The second-order valence-corrected chi connectivity index (χ2v) is 5.53. The second kappa shape index (κ2) is 5.58. The third-order valence-corrected chi connectivity index (χ3v) is 2.35. The number of carbonyl (C=O) groups is 2. The lowest BCUT2D eigenvalue weighted by Gasteiger charge is -2.06. The van der Waals surface area contributed by atoms with Crippen molar-refractivity contribution in [2.75, 3.05) is 0 Å². The molecule has 0 bridgehead atoms. The Hall–Kier alpha value is -0.970. The van der Waals surface area contributed by atoms with Crippen LogP contribution in [0.25, 0.3) is 6.08 Å². The third-order valence-electron chi connectivity index (χ3n) is 1.84. The highest BCUT2D eigenvalue weighted by Gasteiger charge is 2.32. The molecule has 0 saturated carbocycles. The Labute approximate surface area is 113 Å². The molecule has 1 aromatic heterocycles. The molecule has 1 aromatic rings. The SMILES string of the molecule is NC(=O)CC=Cc1c[nH]c(C(=O)C(Cl)(Cl)Cl)c1. The maximum absolute atomic E-state index is 11.5. The Kier molecular flexibility index (Phi) is 4.62. The summed E-state index contributed by atoms with van der Waals surface area (Å²) >= 11 is 16.4. The summed E-state index contributed by atoms with van der Waals surface area (Å²) < 4.78 is -1.99. The van der Waals surface area contributed by atoms with Crippen molar-refractivity contribution in [3.63, 3.8) is 0 Å². The number of ketones is 1. The predicted octanol–water partition coefficient (Wildman–Crippen LogP) is 2.46. The Morgan fingerprint density at radius 2 is 2.06 bits per heavy atom. The minimum absolute atomic E-state index is 0.124. The van der Waals surface area contributed by atoms with Crippen LogP contribution < -0.4 is 5.73 Å². The summed E-state index contributed by atoms with van der Waals surface area (Å²) in [5.74, 6) is -1.08. The Bertz CT molecular complexity index is 460. The minimum atomic E-state index is -1.99. The Morgan fingerprint density at radius 1 is 1.41 bits per heavy atom. The van der Waals surface area contributed by atoms with E-state index in [9.17, 15) is 9.59 Å². The molecule has 0 saturated heterocycles. The van der Waals surface area contributed by atoms with Gasteiger partial charge in [0, 0.05) is 12.6 Å². The van der Waals surface area contributed by atoms with E-state index in [1.54, 1.807) is 18.3 Å². The van der Waals surface area contributed by atoms with E-state index in [4.69, 9.17) is 40.5 Å². The number of halogens is 3. The van der Waals surface area contributed by atoms with Crippen LogP contribution in [0.15, 0.2) is 18.3 Å². The van der Waals surface area contributed by atoms with Crippen LogP contribution >= 0.6 is 34.8 Å². The summed E-state index contributed by atoms with van der Waals surface area (Å²) in [6.45, 7) is 0. The molecular weight excluding hydrogens is 286 g/mol. The van der Waals surface area contributed by atoms with Gasteiger partial charge in [-0.25, -0.2) is 0 Å². The molecule has 17 heavy (non-hydrogen) atoms. The third kappa shape index (κ3) is 4.42. The lowest BCUT2D eigenvalue weighted by Crippen LogP contribution is -2.19. The zero-order chi connectivity index (χ0) is 13.1. The molecule has 0 aliphatic rings. The standard InChI is InChI=1S/C10H9Cl3N2O2/c11-10(12,13)9(17)7-4-6(5-15-7)2-1-3-8(14)16/h1-2,4-5,15H,3H2,(H2,14,16). The summed E-state index contributed by atoms with van der Waals surface area (Å²) in [4.78, 5) is 24.7. The number of nitrogens with one attached hydrogen (secondary N) is 1. The summed E-state index contributed by atoms with van der Waals surface area (Å²) in [6.07, 6.45) is 4.89. The first-order valence-electron chi connectivity index (χ1n) is 4.55. The van der Waals surface area contributed by atoms with Crippen molar-refractivity contribution in [3.8, 4) is 0 Å². The zero-order valence-electron chi connectivity index (χ0n) is 8.54. The van der Waals surface area contributed by atoms with Crippen LogP contribution in [0.2, 0.25) is 0 Å². The maximum atomic E-state index is 11.5. The fourth-order valence-corrected chi connectivity index (χ4v) is 1.41. The van der Waals surface area contributed by atoms with Crippen molar-refractivity contribution in [1.82, 2.24) is 4.98 Å². The van der Waals surface area contributed by atoms with E-state index >= 15 is 0 Å². The molecule has 1 amide bonds. The number of nitrogens with two attached hydrogens (primary N) is 1. The number of hydrogen-bond acceptors (Lipinski definition) is 2. The molecule has 0 aliphatic heterocycles. The van der Waals surface area contributed by atoms with Crippen LogP contribution in [0.3, 0.4) is 0 Å². The van der Waals surface area contributed by atoms with E-state index in [1.165, 1.54) is 6.07 Å². The van der Waals surface area contributed by atoms with Gasteiger partial charge in [-0.05, 0) is 11.6 Å². The van der Waals surface area contributed by atoms with E-state index in [2.05, 4.69) is 4.98 Å². The lowest BCUT2D eigenvalue weighted by molar-refractivity contribution is -0.117. The number of aromatic amines is 1. The quantitative estimate of drug-likeness (QED) is 0.661. The molecule has 92 valence electrons. The van der Waals surface area contributed by atoms with Gasteiger partial charge in [-0.15, -0.1) is 0 Å². The molecule has 1 rings (SSSR count). The molecular formula is C10H9Cl3N2O2. The van der Waals surface area contributed by atoms with Gasteiger partial charge < -0.3 is 10.7 Å². The molecule has 0 unspecified atom stereocenters. The van der Waals surface area contributed by atoms with Crippen LogP contribution in [0.1, 0.15) is 22.5 Å². The molecule has 0 aliphatic carbocycles. The monoisotopic (exact) mass is 294 g/mol. The van der Waals surface area contributed by atoms with E-state index < -0.39 is 15.5 Å². The number of Topliss-reactive ketones (excluding diaryl/α,β-unsaturated/α-hetero) is 1. The second-order valence-electron chi connectivity index (χ2n) is 3.25. The Balaban J connectivity index is 2.75. The number of hydrogen-bond donors (Lipinski definition) is 2. The lowest BCUT2D eigenvalue weighted by atomic mass is 10.2. The molecule has 0 spiro atoms. The van der Waals surface area contributed by atoms with Gasteiger partial charge in [-0.3, -0.25) is 9.59 Å². The van der Waals surface area contributed by atoms with Gasteiger partial charge in [0.05, 0.1) is 5.69 Å². The van der Waals surface area contributed by atoms with Gasteiger partial charge in [0.2, 0.25) is 11.7 Å².